The Bertz CT molecular complexity index is 445. The summed E-state index contributed by atoms with van der Waals surface area (Å²) in [4.78, 5) is 0. The minimum atomic E-state index is -4.65. The van der Waals surface area contributed by atoms with Crippen molar-refractivity contribution in [1.29, 1.82) is 0 Å². The van der Waals surface area contributed by atoms with Crippen molar-refractivity contribution in [3.8, 4) is 0 Å². The Balaban J connectivity index is 0.00000151. The molecule has 0 atom stereocenters. The number of hydrogen-bond donors (Lipinski definition) is 1. The average molecular weight is 365 g/mol. The van der Waals surface area contributed by atoms with Gasteiger partial charge in [0, 0.05) is 25.4 Å². The molecule has 7 heteroatoms. The van der Waals surface area contributed by atoms with E-state index in [2.05, 4.69) is 10.1 Å². The second kappa shape index (κ2) is 10.2. The highest BCUT2D eigenvalue weighted by molar-refractivity contribution is 5.21. The van der Waals surface area contributed by atoms with E-state index in [4.69, 9.17) is 9.47 Å². The van der Waals surface area contributed by atoms with Gasteiger partial charge in [-0.3, -0.25) is 0 Å². The second-order valence-electron chi connectivity index (χ2n) is 5.93. The molecule has 1 heterocycles. The van der Waals surface area contributed by atoms with Gasteiger partial charge in [-0.25, -0.2) is 0 Å². The number of hydrogen-bond acceptors (Lipinski definition) is 4. The molecule has 146 valence electrons. The highest BCUT2D eigenvalue weighted by Gasteiger charge is 2.40. The molecule has 0 radical (unpaired) electrons. The third-order valence-electron chi connectivity index (χ3n) is 4.19. The van der Waals surface area contributed by atoms with Crippen molar-refractivity contribution in [3.05, 3.63) is 23.5 Å². The molecule has 1 spiro atoms. The van der Waals surface area contributed by atoms with E-state index in [0.717, 1.165) is 31.3 Å². The summed E-state index contributed by atoms with van der Waals surface area (Å²) in [5.41, 5.74) is 0.764. The van der Waals surface area contributed by atoms with Crippen LogP contribution in [0.2, 0.25) is 0 Å². The largest absolute Gasteiger partial charge is 0.572 e. The zero-order valence-electron chi connectivity index (χ0n) is 15.5. The van der Waals surface area contributed by atoms with Crippen LogP contribution in [0.5, 0.6) is 0 Å². The first-order chi connectivity index (χ1) is 11.8. The van der Waals surface area contributed by atoms with E-state index in [1.54, 1.807) is 13.0 Å². The molecular weight excluding hydrogens is 335 g/mol. The molecule has 2 aliphatic rings. The molecule has 1 saturated carbocycles. The average Bonchev–Trinajstić information content (AvgIpc) is 3.01. The monoisotopic (exact) mass is 365 g/mol. The van der Waals surface area contributed by atoms with Crippen molar-refractivity contribution in [2.75, 3.05) is 19.8 Å². The summed E-state index contributed by atoms with van der Waals surface area (Å²) in [7, 11) is 0. The highest BCUT2D eigenvalue weighted by atomic mass is 19.4. The van der Waals surface area contributed by atoms with Crippen molar-refractivity contribution < 1.29 is 27.4 Å². The molecule has 1 saturated heterocycles. The van der Waals surface area contributed by atoms with Crippen LogP contribution in [0.3, 0.4) is 0 Å². The molecular formula is C18H30F3NO3. The topological polar surface area (TPSA) is 39.7 Å². The maximum atomic E-state index is 12.2. The first-order valence-electron chi connectivity index (χ1n) is 8.92. The van der Waals surface area contributed by atoms with E-state index in [1.165, 1.54) is 13.0 Å². The number of ether oxygens (including phenoxy) is 3. The van der Waals surface area contributed by atoms with Gasteiger partial charge in [0.1, 0.15) is 5.76 Å². The van der Waals surface area contributed by atoms with Gasteiger partial charge in [-0.1, -0.05) is 19.9 Å². The third kappa shape index (κ3) is 7.79. The van der Waals surface area contributed by atoms with Gasteiger partial charge in [-0.15, -0.1) is 13.2 Å². The molecule has 1 aliphatic carbocycles. The number of halogens is 3. The smallest absolute Gasteiger partial charge is 0.411 e. The fourth-order valence-corrected chi connectivity index (χ4v) is 3.02. The normalized spacial score (nSPS) is 21.9. The van der Waals surface area contributed by atoms with Crippen molar-refractivity contribution in [2.45, 2.75) is 71.6 Å². The van der Waals surface area contributed by atoms with Crippen LogP contribution in [-0.2, 0) is 14.2 Å². The molecule has 4 nitrogen and oxygen atoms in total. The predicted octanol–water partition coefficient (Wildman–Crippen LogP) is 4.67. The van der Waals surface area contributed by atoms with Gasteiger partial charge in [-0.2, -0.15) is 0 Å². The molecule has 0 aromatic rings. The first-order valence-corrected chi connectivity index (χ1v) is 8.92. The highest BCUT2D eigenvalue weighted by Crippen LogP contribution is 2.35. The van der Waals surface area contributed by atoms with Crippen LogP contribution in [0, 0.1) is 0 Å². The van der Waals surface area contributed by atoms with Gasteiger partial charge < -0.3 is 19.5 Å². The lowest BCUT2D eigenvalue weighted by Gasteiger charge is -2.35. The Morgan fingerprint density at radius 1 is 1.20 bits per heavy atom. The minimum Gasteiger partial charge on any atom is -0.411 e. The second-order valence-corrected chi connectivity index (χ2v) is 5.93. The van der Waals surface area contributed by atoms with Crippen LogP contribution in [0.25, 0.3) is 0 Å². The zero-order valence-corrected chi connectivity index (χ0v) is 15.5. The molecule has 1 aliphatic heterocycles. The summed E-state index contributed by atoms with van der Waals surface area (Å²) in [6, 6.07) is 0.320. The fraction of sp³-hybridized carbons (Fsp3) is 0.778. The van der Waals surface area contributed by atoms with Gasteiger partial charge in [-0.05, 0) is 38.3 Å². The molecule has 0 unspecified atom stereocenters. The summed E-state index contributed by atoms with van der Waals surface area (Å²) < 4.78 is 51.7. The standard InChI is InChI=1S/C16H24F3NO3.C2H6/c1-3-13(10-12(2)23-16(17,18)19)11-20-14-4-6-15(7-5-14)21-8-9-22-15;1-2/h3,10,14,20H,4-9,11H2,1-2H3;1-2H3/b12-10+,13-3+;. The van der Waals surface area contributed by atoms with Gasteiger partial charge in [0.15, 0.2) is 5.79 Å². The van der Waals surface area contributed by atoms with Gasteiger partial charge in [0.2, 0.25) is 0 Å². The predicted molar refractivity (Wildman–Crippen MR) is 90.9 cm³/mol. The summed E-state index contributed by atoms with van der Waals surface area (Å²) in [6.07, 6.45) is 2.10. The lowest BCUT2D eigenvalue weighted by molar-refractivity contribution is -0.305. The molecule has 1 N–H and O–H groups in total. The third-order valence-corrected chi connectivity index (χ3v) is 4.19. The molecule has 0 aromatic heterocycles. The molecule has 0 aromatic carbocycles. The van der Waals surface area contributed by atoms with E-state index < -0.39 is 12.1 Å². The summed E-state index contributed by atoms with van der Waals surface area (Å²) in [6.45, 7) is 8.92. The van der Waals surface area contributed by atoms with E-state index in [0.29, 0.717) is 25.8 Å². The lowest BCUT2D eigenvalue weighted by atomic mass is 9.90. The van der Waals surface area contributed by atoms with Crippen molar-refractivity contribution in [1.82, 2.24) is 5.32 Å². The van der Waals surface area contributed by atoms with Crippen LogP contribution in [0.4, 0.5) is 13.2 Å². The maximum absolute atomic E-state index is 12.2. The summed E-state index contributed by atoms with van der Waals surface area (Å²) >= 11 is 0. The Labute approximate surface area is 148 Å². The van der Waals surface area contributed by atoms with Crippen LogP contribution in [0.1, 0.15) is 53.4 Å². The molecule has 0 bridgehead atoms. The molecule has 2 rings (SSSR count). The van der Waals surface area contributed by atoms with Crippen molar-refractivity contribution >= 4 is 0 Å². The quantitative estimate of drug-likeness (QED) is 0.567. The summed E-state index contributed by atoms with van der Waals surface area (Å²) in [5, 5.41) is 3.39. The Morgan fingerprint density at radius 3 is 2.24 bits per heavy atom. The number of nitrogens with one attached hydrogen (secondary N) is 1. The van der Waals surface area contributed by atoms with Crippen molar-refractivity contribution in [3.63, 3.8) is 0 Å². The van der Waals surface area contributed by atoms with Gasteiger partial charge >= 0.3 is 6.36 Å². The number of alkyl halides is 3. The SMILES string of the molecule is C/C=C(\C=C(/C)OC(F)(F)F)CNC1CCC2(CC1)OCCO2.CC. The van der Waals surface area contributed by atoms with Crippen LogP contribution >= 0.6 is 0 Å². The lowest BCUT2D eigenvalue weighted by Crippen LogP contribution is -2.42. The van der Waals surface area contributed by atoms with E-state index in [9.17, 15) is 13.2 Å². The molecule has 25 heavy (non-hydrogen) atoms. The summed E-state index contributed by atoms with van der Waals surface area (Å²) in [5.74, 6) is -0.554. The van der Waals surface area contributed by atoms with Crippen LogP contribution < -0.4 is 5.32 Å². The van der Waals surface area contributed by atoms with E-state index in [-0.39, 0.29) is 5.76 Å². The maximum Gasteiger partial charge on any atom is 0.572 e. The fourth-order valence-electron chi connectivity index (χ4n) is 3.02. The van der Waals surface area contributed by atoms with E-state index >= 15 is 0 Å². The van der Waals surface area contributed by atoms with Crippen LogP contribution in [0.15, 0.2) is 23.5 Å². The molecule has 0 amide bonds. The Hall–Kier alpha value is -1.05. The number of allylic oxidation sites excluding steroid dienone is 2. The Morgan fingerprint density at radius 2 is 1.76 bits per heavy atom. The Kier molecular flexibility index (Phi) is 8.96. The minimum absolute atomic E-state index is 0.164. The first kappa shape index (κ1) is 22.0. The zero-order chi connectivity index (χ0) is 18.9. The van der Waals surface area contributed by atoms with Crippen LogP contribution in [-0.4, -0.2) is 37.9 Å². The van der Waals surface area contributed by atoms with E-state index in [1.807, 2.05) is 13.8 Å². The van der Waals surface area contributed by atoms with Gasteiger partial charge in [0.25, 0.3) is 0 Å². The van der Waals surface area contributed by atoms with Crippen molar-refractivity contribution in [2.24, 2.45) is 0 Å². The molecule has 2 fully saturated rings. The number of rotatable bonds is 5. The van der Waals surface area contributed by atoms with Gasteiger partial charge in [0.05, 0.1) is 13.2 Å².